The molecule has 108 valence electrons. The number of halogens is 2. The fraction of sp³-hybridized carbons (Fsp3) is 0.333. The maximum absolute atomic E-state index is 13.8. The molecule has 1 heterocycles. The molecule has 2 rings (SSSR count). The highest BCUT2D eigenvalue weighted by molar-refractivity contribution is 7.07. The largest absolute Gasteiger partial charge is 0.487 e. The average Bonchev–Trinajstić information content (AvgIpc) is 2.84. The minimum Gasteiger partial charge on any atom is -0.487 e. The summed E-state index contributed by atoms with van der Waals surface area (Å²) < 4.78 is 32.9. The second kappa shape index (κ2) is 6.81. The lowest BCUT2D eigenvalue weighted by atomic mass is 10.1. The average molecular weight is 297 g/mol. The topological polar surface area (TPSA) is 35.2 Å². The van der Waals surface area contributed by atoms with Gasteiger partial charge in [-0.05, 0) is 53.4 Å². The smallest absolute Gasteiger partial charge is 0.190 e. The number of thiophene rings is 1. The van der Waals surface area contributed by atoms with E-state index in [4.69, 9.17) is 10.5 Å². The standard InChI is InChI=1S/C15H17F2NOS/c1-10(18)6-12-7-13(16)15(14(17)8-12)19-4-2-11-3-5-20-9-11/h3,5,7-10H,2,4,6,18H2,1H3. The summed E-state index contributed by atoms with van der Waals surface area (Å²) in [6, 6.07) is 4.39. The van der Waals surface area contributed by atoms with Crippen LogP contribution in [0.1, 0.15) is 18.1 Å². The van der Waals surface area contributed by atoms with E-state index in [9.17, 15) is 8.78 Å². The van der Waals surface area contributed by atoms with Gasteiger partial charge in [-0.25, -0.2) is 8.78 Å². The molecule has 0 aliphatic carbocycles. The van der Waals surface area contributed by atoms with E-state index >= 15 is 0 Å². The van der Waals surface area contributed by atoms with Crippen LogP contribution in [0.5, 0.6) is 5.75 Å². The van der Waals surface area contributed by atoms with Crippen LogP contribution in [0.2, 0.25) is 0 Å². The van der Waals surface area contributed by atoms with Crippen molar-refractivity contribution in [2.75, 3.05) is 6.61 Å². The maximum atomic E-state index is 13.8. The zero-order valence-corrected chi connectivity index (χ0v) is 12.1. The molecule has 0 aliphatic heterocycles. The van der Waals surface area contributed by atoms with Crippen LogP contribution in [0, 0.1) is 11.6 Å². The van der Waals surface area contributed by atoms with E-state index in [0.717, 1.165) is 5.56 Å². The lowest BCUT2D eigenvalue weighted by Crippen LogP contribution is -2.18. The monoisotopic (exact) mass is 297 g/mol. The van der Waals surface area contributed by atoms with Gasteiger partial charge in [0.05, 0.1) is 6.61 Å². The first-order valence-electron chi connectivity index (χ1n) is 6.43. The van der Waals surface area contributed by atoms with Gasteiger partial charge in [-0.15, -0.1) is 0 Å². The van der Waals surface area contributed by atoms with E-state index in [1.54, 1.807) is 18.3 Å². The van der Waals surface area contributed by atoms with E-state index in [0.29, 0.717) is 18.4 Å². The normalized spacial score (nSPS) is 12.4. The summed E-state index contributed by atoms with van der Waals surface area (Å²) in [6.45, 7) is 2.04. The number of hydrogen-bond donors (Lipinski definition) is 1. The van der Waals surface area contributed by atoms with Gasteiger partial charge in [0.25, 0.3) is 0 Å². The van der Waals surface area contributed by atoms with Crippen LogP contribution >= 0.6 is 11.3 Å². The maximum Gasteiger partial charge on any atom is 0.190 e. The van der Waals surface area contributed by atoms with Crippen molar-refractivity contribution in [2.45, 2.75) is 25.8 Å². The third-order valence-electron chi connectivity index (χ3n) is 2.83. The summed E-state index contributed by atoms with van der Waals surface area (Å²) in [6.07, 6.45) is 1.06. The second-order valence-electron chi connectivity index (χ2n) is 4.80. The molecule has 1 unspecified atom stereocenters. The molecule has 0 bridgehead atoms. The Morgan fingerprint density at radius 2 is 1.95 bits per heavy atom. The zero-order valence-electron chi connectivity index (χ0n) is 11.2. The highest BCUT2D eigenvalue weighted by Crippen LogP contribution is 2.24. The van der Waals surface area contributed by atoms with Gasteiger partial charge >= 0.3 is 0 Å². The summed E-state index contributed by atoms with van der Waals surface area (Å²) in [5, 5.41) is 3.95. The third-order valence-corrected chi connectivity index (χ3v) is 3.57. The predicted octanol–water partition coefficient (Wildman–Crippen LogP) is 3.54. The van der Waals surface area contributed by atoms with E-state index in [2.05, 4.69) is 0 Å². The zero-order chi connectivity index (χ0) is 14.5. The van der Waals surface area contributed by atoms with Crippen molar-refractivity contribution in [1.82, 2.24) is 0 Å². The van der Waals surface area contributed by atoms with Gasteiger partial charge in [0.2, 0.25) is 0 Å². The predicted molar refractivity (Wildman–Crippen MR) is 77.2 cm³/mol. The molecule has 5 heteroatoms. The Morgan fingerprint density at radius 3 is 2.50 bits per heavy atom. The molecular formula is C15H17F2NOS. The van der Waals surface area contributed by atoms with Crippen LogP contribution in [0.25, 0.3) is 0 Å². The first-order valence-corrected chi connectivity index (χ1v) is 7.38. The van der Waals surface area contributed by atoms with Crippen LogP contribution in [0.4, 0.5) is 8.78 Å². The van der Waals surface area contributed by atoms with Crippen molar-refractivity contribution in [2.24, 2.45) is 5.73 Å². The van der Waals surface area contributed by atoms with Gasteiger partial charge in [0.1, 0.15) is 0 Å². The van der Waals surface area contributed by atoms with E-state index in [-0.39, 0.29) is 18.4 Å². The molecule has 1 atom stereocenters. The number of rotatable bonds is 6. The molecule has 0 fully saturated rings. The summed E-state index contributed by atoms with van der Waals surface area (Å²) >= 11 is 1.58. The molecule has 2 nitrogen and oxygen atoms in total. The van der Waals surface area contributed by atoms with E-state index in [1.807, 2.05) is 16.8 Å². The lowest BCUT2D eigenvalue weighted by molar-refractivity contribution is 0.288. The summed E-state index contributed by atoms with van der Waals surface area (Å²) in [5.74, 6) is -1.66. The fourth-order valence-electron chi connectivity index (χ4n) is 1.95. The minimum absolute atomic E-state index is 0.140. The molecule has 2 aromatic rings. The second-order valence-corrected chi connectivity index (χ2v) is 5.58. The summed E-state index contributed by atoms with van der Waals surface area (Å²) in [7, 11) is 0. The van der Waals surface area contributed by atoms with Crippen molar-refractivity contribution in [3.05, 3.63) is 51.7 Å². The first kappa shape index (κ1) is 14.9. The molecule has 2 N–H and O–H groups in total. The Morgan fingerprint density at radius 1 is 1.25 bits per heavy atom. The Balaban J connectivity index is 2.00. The third kappa shape index (κ3) is 4.02. The molecule has 0 spiro atoms. The van der Waals surface area contributed by atoms with Crippen LogP contribution in [0.15, 0.2) is 29.0 Å². The molecule has 0 amide bonds. The SMILES string of the molecule is CC(N)Cc1cc(F)c(OCCc2ccsc2)c(F)c1. The van der Waals surface area contributed by atoms with Crippen molar-refractivity contribution in [3.8, 4) is 5.75 Å². The molecule has 20 heavy (non-hydrogen) atoms. The Bertz CT molecular complexity index is 532. The number of hydrogen-bond acceptors (Lipinski definition) is 3. The summed E-state index contributed by atoms with van der Waals surface area (Å²) in [4.78, 5) is 0. The van der Waals surface area contributed by atoms with Crippen molar-refractivity contribution in [1.29, 1.82) is 0 Å². The Kier molecular flexibility index (Phi) is 5.09. The highest BCUT2D eigenvalue weighted by atomic mass is 32.1. The van der Waals surface area contributed by atoms with Gasteiger partial charge in [-0.3, -0.25) is 0 Å². The van der Waals surface area contributed by atoms with Crippen molar-refractivity contribution < 1.29 is 13.5 Å². The van der Waals surface area contributed by atoms with Crippen molar-refractivity contribution in [3.63, 3.8) is 0 Å². The van der Waals surface area contributed by atoms with Gasteiger partial charge in [-0.1, -0.05) is 0 Å². The van der Waals surface area contributed by atoms with Crippen LogP contribution < -0.4 is 10.5 Å². The van der Waals surface area contributed by atoms with Gasteiger partial charge in [-0.2, -0.15) is 11.3 Å². The molecular weight excluding hydrogens is 280 g/mol. The van der Waals surface area contributed by atoms with Gasteiger partial charge in [0, 0.05) is 12.5 Å². The molecule has 0 saturated carbocycles. The molecule has 1 aromatic heterocycles. The molecule has 1 aromatic carbocycles. The quantitative estimate of drug-likeness (QED) is 0.885. The summed E-state index contributed by atoms with van der Waals surface area (Å²) in [5.41, 5.74) is 7.27. The van der Waals surface area contributed by atoms with E-state index < -0.39 is 11.6 Å². The Hall–Kier alpha value is -1.46. The lowest BCUT2D eigenvalue weighted by Gasteiger charge is -2.11. The number of ether oxygens (including phenoxy) is 1. The van der Waals surface area contributed by atoms with Gasteiger partial charge < -0.3 is 10.5 Å². The van der Waals surface area contributed by atoms with Crippen LogP contribution in [-0.2, 0) is 12.8 Å². The molecule has 0 aliphatic rings. The number of nitrogens with two attached hydrogens (primary N) is 1. The van der Waals surface area contributed by atoms with E-state index in [1.165, 1.54) is 12.1 Å². The fourth-order valence-corrected chi connectivity index (χ4v) is 2.65. The molecule has 0 saturated heterocycles. The van der Waals surface area contributed by atoms with Crippen LogP contribution in [0.3, 0.4) is 0 Å². The van der Waals surface area contributed by atoms with Gasteiger partial charge in [0.15, 0.2) is 17.4 Å². The Labute approximate surface area is 121 Å². The van der Waals surface area contributed by atoms with Crippen LogP contribution in [-0.4, -0.2) is 12.6 Å². The first-order chi connectivity index (χ1) is 9.56. The minimum atomic E-state index is -0.675. The highest BCUT2D eigenvalue weighted by Gasteiger charge is 2.13. The van der Waals surface area contributed by atoms with Crippen molar-refractivity contribution >= 4 is 11.3 Å². The molecule has 0 radical (unpaired) electrons. The number of benzene rings is 1.